The van der Waals surface area contributed by atoms with Crippen LogP contribution in [0.3, 0.4) is 0 Å². The van der Waals surface area contributed by atoms with E-state index in [0.717, 1.165) is 22.3 Å². The van der Waals surface area contributed by atoms with Gasteiger partial charge in [0.15, 0.2) is 0 Å². The van der Waals surface area contributed by atoms with Crippen LogP contribution in [0.5, 0.6) is 0 Å². The molecule has 1 aromatic carbocycles. The summed E-state index contributed by atoms with van der Waals surface area (Å²) in [6, 6.07) is 8.40. The number of non-ortho nitro benzene ring substituents is 1. The van der Waals surface area contributed by atoms with Crippen molar-refractivity contribution in [1.29, 1.82) is 0 Å². The summed E-state index contributed by atoms with van der Waals surface area (Å²) < 4.78 is 0. The molecule has 2 aromatic heterocycles. The van der Waals surface area contributed by atoms with Gasteiger partial charge in [-0.15, -0.1) is 0 Å². The van der Waals surface area contributed by atoms with Crippen molar-refractivity contribution in [1.82, 2.24) is 15.2 Å². The second-order valence-corrected chi connectivity index (χ2v) is 3.67. The number of nitrogens with zero attached hydrogens (tertiary/aromatic N) is 2. The number of aromatic amines is 2. The third kappa shape index (κ3) is 1.55. The minimum atomic E-state index is -0.402. The van der Waals surface area contributed by atoms with Crippen LogP contribution in [0.15, 0.2) is 36.5 Å². The number of nitro groups is 1. The molecule has 17 heavy (non-hydrogen) atoms. The quantitative estimate of drug-likeness (QED) is 0.521. The van der Waals surface area contributed by atoms with Crippen molar-refractivity contribution in [3.05, 3.63) is 46.6 Å². The Hall–Kier alpha value is -2.63. The molecule has 0 bridgehead atoms. The number of aromatic nitrogens is 3. The van der Waals surface area contributed by atoms with Crippen molar-refractivity contribution in [2.24, 2.45) is 0 Å². The molecule has 0 saturated carbocycles. The van der Waals surface area contributed by atoms with E-state index in [4.69, 9.17) is 0 Å². The maximum absolute atomic E-state index is 10.7. The first-order valence-corrected chi connectivity index (χ1v) is 5.01. The molecule has 6 heteroatoms. The fourth-order valence-electron chi connectivity index (χ4n) is 1.78. The number of hydrogen-bond acceptors (Lipinski definition) is 3. The van der Waals surface area contributed by atoms with E-state index in [9.17, 15) is 10.1 Å². The average Bonchev–Trinajstić information content (AvgIpc) is 2.96. The van der Waals surface area contributed by atoms with Gasteiger partial charge in [-0.2, -0.15) is 5.10 Å². The van der Waals surface area contributed by atoms with Crippen LogP contribution in [0, 0.1) is 10.1 Å². The van der Waals surface area contributed by atoms with E-state index in [1.807, 2.05) is 12.1 Å². The van der Waals surface area contributed by atoms with Gasteiger partial charge in [-0.25, -0.2) is 0 Å². The fraction of sp³-hybridized carbons (Fsp3) is 0. The van der Waals surface area contributed by atoms with E-state index in [2.05, 4.69) is 15.2 Å². The molecule has 0 fully saturated rings. The van der Waals surface area contributed by atoms with Gasteiger partial charge in [0.25, 0.3) is 5.69 Å². The minimum Gasteiger partial charge on any atom is -0.353 e. The van der Waals surface area contributed by atoms with Gasteiger partial charge in [0, 0.05) is 29.2 Å². The van der Waals surface area contributed by atoms with Gasteiger partial charge in [-0.1, -0.05) is 0 Å². The van der Waals surface area contributed by atoms with Crippen LogP contribution < -0.4 is 0 Å². The van der Waals surface area contributed by atoms with Gasteiger partial charge in [-0.3, -0.25) is 15.2 Å². The van der Waals surface area contributed by atoms with E-state index in [1.54, 1.807) is 18.3 Å². The Balaban J connectivity index is 2.16. The second-order valence-electron chi connectivity index (χ2n) is 3.67. The molecule has 0 saturated heterocycles. The third-order valence-corrected chi connectivity index (χ3v) is 2.59. The monoisotopic (exact) mass is 228 g/mol. The summed E-state index contributed by atoms with van der Waals surface area (Å²) >= 11 is 0. The summed E-state index contributed by atoms with van der Waals surface area (Å²) in [5.74, 6) is 0. The molecular weight excluding hydrogens is 220 g/mol. The largest absolute Gasteiger partial charge is 0.353 e. The Morgan fingerprint density at radius 2 is 2.12 bits per heavy atom. The maximum atomic E-state index is 10.7. The standard InChI is InChI=1S/C11H8N4O2/c16-15(17)8-1-2-9-7(5-8)6-11(13-9)10-3-4-12-14-10/h1-6,13H,(H,12,14). The Kier molecular flexibility index (Phi) is 1.94. The van der Waals surface area contributed by atoms with Crippen molar-refractivity contribution >= 4 is 16.6 Å². The van der Waals surface area contributed by atoms with Crippen LogP contribution in [0.25, 0.3) is 22.3 Å². The molecule has 0 aliphatic carbocycles. The van der Waals surface area contributed by atoms with Crippen LogP contribution in [0.1, 0.15) is 0 Å². The molecule has 0 aliphatic rings. The average molecular weight is 228 g/mol. The molecule has 0 spiro atoms. The van der Waals surface area contributed by atoms with Crippen LogP contribution in [-0.2, 0) is 0 Å². The zero-order valence-corrected chi connectivity index (χ0v) is 8.68. The fourth-order valence-corrected chi connectivity index (χ4v) is 1.78. The SMILES string of the molecule is O=[N+]([O-])c1ccc2[nH]c(-c3cc[nH]n3)cc2c1. The lowest BCUT2D eigenvalue weighted by Gasteiger charge is -1.90. The van der Waals surface area contributed by atoms with Gasteiger partial charge in [0.1, 0.15) is 5.69 Å². The number of H-pyrrole nitrogens is 2. The van der Waals surface area contributed by atoms with Crippen molar-refractivity contribution in [3.8, 4) is 11.4 Å². The highest BCUT2D eigenvalue weighted by molar-refractivity contribution is 5.86. The highest BCUT2D eigenvalue weighted by Crippen LogP contribution is 2.25. The highest BCUT2D eigenvalue weighted by Gasteiger charge is 2.09. The minimum absolute atomic E-state index is 0.0880. The van der Waals surface area contributed by atoms with Crippen molar-refractivity contribution in [2.75, 3.05) is 0 Å². The number of nitro benzene ring substituents is 1. The van der Waals surface area contributed by atoms with Gasteiger partial charge < -0.3 is 4.98 Å². The zero-order chi connectivity index (χ0) is 11.8. The smallest absolute Gasteiger partial charge is 0.270 e. The number of benzene rings is 1. The van der Waals surface area contributed by atoms with Gasteiger partial charge >= 0.3 is 0 Å². The molecule has 2 heterocycles. The number of rotatable bonds is 2. The Labute approximate surface area is 95.4 Å². The molecule has 0 amide bonds. The lowest BCUT2D eigenvalue weighted by molar-refractivity contribution is -0.384. The Morgan fingerprint density at radius 3 is 2.82 bits per heavy atom. The van der Waals surface area contributed by atoms with Crippen molar-refractivity contribution in [2.45, 2.75) is 0 Å². The van der Waals surface area contributed by atoms with Gasteiger partial charge in [-0.05, 0) is 18.2 Å². The first-order chi connectivity index (χ1) is 8.24. The van der Waals surface area contributed by atoms with Crippen LogP contribution >= 0.6 is 0 Å². The summed E-state index contributed by atoms with van der Waals surface area (Å²) in [4.78, 5) is 13.4. The van der Waals surface area contributed by atoms with Crippen LogP contribution in [-0.4, -0.2) is 20.1 Å². The molecule has 3 aromatic rings. The molecule has 0 aliphatic heterocycles. The molecule has 6 nitrogen and oxygen atoms in total. The van der Waals surface area contributed by atoms with Crippen molar-refractivity contribution < 1.29 is 4.92 Å². The van der Waals surface area contributed by atoms with E-state index in [-0.39, 0.29) is 5.69 Å². The van der Waals surface area contributed by atoms with Gasteiger partial charge in [0.2, 0.25) is 0 Å². The van der Waals surface area contributed by atoms with E-state index in [1.165, 1.54) is 6.07 Å². The first kappa shape index (κ1) is 9.59. The molecule has 2 N–H and O–H groups in total. The molecular formula is C11H8N4O2. The molecule has 3 rings (SSSR count). The van der Waals surface area contributed by atoms with Crippen LogP contribution in [0.2, 0.25) is 0 Å². The zero-order valence-electron chi connectivity index (χ0n) is 8.68. The van der Waals surface area contributed by atoms with Crippen LogP contribution in [0.4, 0.5) is 5.69 Å². The van der Waals surface area contributed by atoms with Gasteiger partial charge in [0.05, 0.1) is 10.6 Å². The number of hydrogen-bond donors (Lipinski definition) is 2. The maximum Gasteiger partial charge on any atom is 0.270 e. The Morgan fingerprint density at radius 1 is 1.24 bits per heavy atom. The predicted octanol–water partition coefficient (Wildman–Crippen LogP) is 2.47. The molecule has 0 unspecified atom stereocenters. The van der Waals surface area contributed by atoms with E-state index >= 15 is 0 Å². The summed E-state index contributed by atoms with van der Waals surface area (Å²) in [6.45, 7) is 0. The third-order valence-electron chi connectivity index (χ3n) is 2.59. The molecule has 0 radical (unpaired) electrons. The normalized spacial score (nSPS) is 10.8. The number of nitrogens with one attached hydrogen (secondary N) is 2. The molecule has 84 valence electrons. The summed E-state index contributed by atoms with van der Waals surface area (Å²) in [5.41, 5.74) is 2.56. The topological polar surface area (TPSA) is 87.6 Å². The second kappa shape index (κ2) is 3.44. The Bertz CT molecular complexity index is 685. The summed E-state index contributed by atoms with van der Waals surface area (Å²) in [5, 5.41) is 18.2. The van der Waals surface area contributed by atoms with E-state index in [0.29, 0.717) is 0 Å². The number of fused-ring (bicyclic) bond motifs is 1. The lowest BCUT2D eigenvalue weighted by Crippen LogP contribution is -1.86. The lowest BCUT2D eigenvalue weighted by atomic mass is 10.2. The summed E-state index contributed by atoms with van der Waals surface area (Å²) in [6.07, 6.45) is 1.73. The predicted molar refractivity (Wildman–Crippen MR) is 62.5 cm³/mol. The summed E-state index contributed by atoms with van der Waals surface area (Å²) in [7, 11) is 0. The van der Waals surface area contributed by atoms with Crippen molar-refractivity contribution in [3.63, 3.8) is 0 Å². The molecule has 0 atom stereocenters. The van der Waals surface area contributed by atoms with E-state index < -0.39 is 4.92 Å². The highest BCUT2D eigenvalue weighted by atomic mass is 16.6. The first-order valence-electron chi connectivity index (χ1n) is 5.01.